The van der Waals surface area contributed by atoms with Gasteiger partial charge in [0.1, 0.15) is 0 Å². The number of nitrogens with zero attached hydrogens (tertiary/aromatic N) is 2. The van der Waals surface area contributed by atoms with Gasteiger partial charge in [-0.1, -0.05) is 25.8 Å². The number of unbranched alkanes of at least 4 members (excludes halogenated alkanes) is 2. The lowest BCUT2D eigenvalue weighted by molar-refractivity contribution is 0.397. The average molecular weight is 206 g/mol. The summed E-state index contributed by atoms with van der Waals surface area (Å²) in [7, 11) is 1.62. The Morgan fingerprint density at radius 1 is 1.40 bits per heavy atom. The average Bonchev–Trinajstić information content (AvgIpc) is 2.29. The van der Waals surface area contributed by atoms with Gasteiger partial charge in [0.15, 0.2) is 0 Å². The summed E-state index contributed by atoms with van der Waals surface area (Å²) in [6, 6.07) is 5.67. The summed E-state index contributed by atoms with van der Waals surface area (Å²) in [6.45, 7) is 3.07. The second-order valence-electron chi connectivity index (χ2n) is 3.35. The molecule has 0 unspecified atom stereocenters. The Morgan fingerprint density at radius 2 is 2.27 bits per heavy atom. The van der Waals surface area contributed by atoms with E-state index in [1.807, 2.05) is 18.2 Å². The smallest absolute Gasteiger partial charge is 0.213 e. The molecular formula is C12H18N2O. The lowest BCUT2D eigenvalue weighted by Gasteiger charge is -1.98. The van der Waals surface area contributed by atoms with Crippen molar-refractivity contribution in [1.29, 1.82) is 0 Å². The van der Waals surface area contributed by atoms with Crippen LogP contribution in [0.3, 0.4) is 0 Å². The molecule has 1 aromatic rings. The molecule has 1 aromatic heterocycles. The lowest BCUT2D eigenvalue weighted by Crippen LogP contribution is -1.92. The summed E-state index contributed by atoms with van der Waals surface area (Å²) in [5.41, 5.74) is 0.853. The molecule has 0 saturated heterocycles. The minimum atomic E-state index is 0.632. The van der Waals surface area contributed by atoms with Crippen molar-refractivity contribution in [3.05, 3.63) is 23.9 Å². The molecule has 1 heterocycles. The van der Waals surface area contributed by atoms with Gasteiger partial charge in [-0.05, 0) is 12.5 Å². The molecule has 0 aliphatic carbocycles. The normalized spacial score (nSPS) is 10.8. The van der Waals surface area contributed by atoms with Gasteiger partial charge in [-0.3, -0.25) is 4.99 Å². The van der Waals surface area contributed by atoms with E-state index in [4.69, 9.17) is 4.74 Å². The molecule has 15 heavy (non-hydrogen) atoms. The Labute approximate surface area is 91.2 Å². The number of aromatic nitrogens is 1. The molecule has 3 nitrogen and oxygen atoms in total. The van der Waals surface area contributed by atoms with Crippen LogP contribution in [-0.2, 0) is 0 Å². The Hall–Kier alpha value is -1.38. The fourth-order valence-corrected chi connectivity index (χ4v) is 1.23. The van der Waals surface area contributed by atoms with Crippen molar-refractivity contribution < 1.29 is 4.74 Å². The van der Waals surface area contributed by atoms with Crippen LogP contribution in [-0.4, -0.2) is 24.9 Å². The second-order valence-corrected chi connectivity index (χ2v) is 3.35. The molecule has 82 valence electrons. The standard InChI is InChI=1S/C12H18N2O/c1-3-4-5-9-13-10-11-7-6-8-12(14-11)15-2/h6-8,10H,3-5,9H2,1-2H3. The number of hydrogen-bond acceptors (Lipinski definition) is 3. The van der Waals surface area contributed by atoms with Crippen LogP contribution in [0.2, 0.25) is 0 Å². The molecule has 3 heteroatoms. The maximum atomic E-state index is 5.03. The molecule has 0 radical (unpaired) electrons. The zero-order chi connectivity index (χ0) is 10.9. The van der Waals surface area contributed by atoms with Gasteiger partial charge in [0.2, 0.25) is 5.88 Å². The van der Waals surface area contributed by atoms with Gasteiger partial charge in [-0.2, -0.15) is 0 Å². The second kappa shape index (κ2) is 6.98. The molecule has 0 amide bonds. The monoisotopic (exact) mass is 206 g/mol. The molecular weight excluding hydrogens is 188 g/mol. The zero-order valence-electron chi connectivity index (χ0n) is 9.44. The van der Waals surface area contributed by atoms with Crippen molar-refractivity contribution in [3.63, 3.8) is 0 Å². The topological polar surface area (TPSA) is 34.5 Å². The maximum absolute atomic E-state index is 5.03. The molecule has 0 aliphatic heterocycles. The Bertz CT molecular complexity index is 310. The molecule has 0 fully saturated rings. The number of rotatable bonds is 6. The molecule has 0 saturated carbocycles. The van der Waals surface area contributed by atoms with Crippen molar-refractivity contribution in [2.75, 3.05) is 13.7 Å². The van der Waals surface area contributed by atoms with Gasteiger partial charge in [0.25, 0.3) is 0 Å². The van der Waals surface area contributed by atoms with E-state index in [-0.39, 0.29) is 0 Å². The van der Waals surface area contributed by atoms with Crippen molar-refractivity contribution >= 4 is 6.21 Å². The van der Waals surface area contributed by atoms with Crippen LogP contribution in [0.4, 0.5) is 0 Å². The highest BCUT2D eigenvalue weighted by molar-refractivity contribution is 5.76. The van der Waals surface area contributed by atoms with Gasteiger partial charge in [0.05, 0.1) is 12.8 Å². The summed E-state index contributed by atoms with van der Waals surface area (Å²) < 4.78 is 5.03. The number of methoxy groups -OCH3 is 1. The molecule has 0 aliphatic rings. The third-order valence-corrected chi connectivity index (χ3v) is 2.07. The van der Waals surface area contributed by atoms with Gasteiger partial charge < -0.3 is 4.74 Å². The predicted molar refractivity (Wildman–Crippen MR) is 62.8 cm³/mol. The Kier molecular flexibility index (Phi) is 5.44. The van der Waals surface area contributed by atoms with E-state index in [1.165, 1.54) is 12.8 Å². The first kappa shape index (κ1) is 11.7. The van der Waals surface area contributed by atoms with E-state index in [2.05, 4.69) is 16.9 Å². The highest BCUT2D eigenvalue weighted by Crippen LogP contribution is 2.04. The molecule has 0 atom stereocenters. The lowest BCUT2D eigenvalue weighted by atomic mass is 10.2. The van der Waals surface area contributed by atoms with Gasteiger partial charge >= 0.3 is 0 Å². The Morgan fingerprint density at radius 3 is 3.00 bits per heavy atom. The van der Waals surface area contributed by atoms with Crippen LogP contribution >= 0.6 is 0 Å². The minimum absolute atomic E-state index is 0.632. The van der Waals surface area contributed by atoms with Gasteiger partial charge in [0, 0.05) is 18.8 Å². The molecule has 0 bridgehead atoms. The number of pyridine rings is 1. The molecule has 0 N–H and O–H groups in total. The Balaban J connectivity index is 2.41. The van der Waals surface area contributed by atoms with Gasteiger partial charge in [-0.25, -0.2) is 4.98 Å². The fourth-order valence-electron chi connectivity index (χ4n) is 1.23. The summed E-state index contributed by atoms with van der Waals surface area (Å²) in [4.78, 5) is 8.55. The van der Waals surface area contributed by atoms with Crippen molar-refractivity contribution in [3.8, 4) is 5.88 Å². The van der Waals surface area contributed by atoms with E-state index in [9.17, 15) is 0 Å². The summed E-state index contributed by atoms with van der Waals surface area (Å²) in [6.07, 6.45) is 5.42. The van der Waals surface area contributed by atoms with Crippen molar-refractivity contribution in [2.45, 2.75) is 26.2 Å². The first-order chi connectivity index (χ1) is 7.36. The minimum Gasteiger partial charge on any atom is -0.481 e. The van der Waals surface area contributed by atoms with Crippen LogP contribution < -0.4 is 4.74 Å². The highest BCUT2D eigenvalue weighted by atomic mass is 16.5. The first-order valence-corrected chi connectivity index (χ1v) is 5.37. The van der Waals surface area contributed by atoms with E-state index in [0.29, 0.717) is 5.88 Å². The van der Waals surface area contributed by atoms with Crippen molar-refractivity contribution in [2.24, 2.45) is 4.99 Å². The third kappa shape index (κ3) is 4.58. The van der Waals surface area contributed by atoms with Crippen LogP contribution in [0.1, 0.15) is 31.9 Å². The van der Waals surface area contributed by atoms with Crippen LogP contribution in [0.25, 0.3) is 0 Å². The van der Waals surface area contributed by atoms with E-state index < -0.39 is 0 Å². The SMILES string of the molecule is CCCCCN=Cc1cccc(OC)n1. The zero-order valence-corrected chi connectivity index (χ0v) is 9.44. The quantitative estimate of drug-likeness (QED) is 0.530. The van der Waals surface area contributed by atoms with E-state index >= 15 is 0 Å². The molecule has 0 aromatic carbocycles. The fraction of sp³-hybridized carbons (Fsp3) is 0.500. The van der Waals surface area contributed by atoms with Crippen LogP contribution in [0, 0.1) is 0 Å². The highest BCUT2D eigenvalue weighted by Gasteiger charge is 1.93. The number of ether oxygens (including phenoxy) is 1. The molecule has 0 spiro atoms. The predicted octanol–water partition coefficient (Wildman–Crippen LogP) is 2.70. The van der Waals surface area contributed by atoms with Crippen LogP contribution in [0.5, 0.6) is 5.88 Å². The molecule has 1 rings (SSSR count). The largest absolute Gasteiger partial charge is 0.481 e. The summed E-state index contributed by atoms with van der Waals surface area (Å²) >= 11 is 0. The number of hydrogen-bond donors (Lipinski definition) is 0. The van der Waals surface area contributed by atoms with Crippen molar-refractivity contribution in [1.82, 2.24) is 4.98 Å². The summed E-state index contributed by atoms with van der Waals surface area (Å²) in [5.74, 6) is 0.632. The first-order valence-electron chi connectivity index (χ1n) is 5.37. The van der Waals surface area contributed by atoms with Gasteiger partial charge in [-0.15, -0.1) is 0 Å². The summed E-state index contributed by atoms with van der Waals surface area (Å²) in [5, 5.41) is 0. The number of aliphatic imine (C=N–C) groups is 1. The van der Waals surface area contributed by atoms with Crippen LogP contribution in [0.15, 0.2) is 23.2 Å². The third-order valence-electron chi connectivity index (χ3n) is 2.07. The maximum Gasteiger partial charge on any atom is 0.213 e. The van der Waals surface area contributed by atoms with E-state index in [1.54, 1.807) is 13.3 Å². The van der Waals surface area contributed by atoms with E-state index in [0.717, 1.165) is 18.7 Å².